The van der Waals surface area contributed by atoms with Gasteiger partial charge in [0.1, 0.15) is 17.3 Å². The molecule has 0 aliphatic rings. The van der Waals surface area contributed by atoms with Crippen LogP contribution >= 0.6 is 15.9 Å². The van der Waals surface area contributed by atoms with Crippen LogP contribution in [0.1, 0.15) is 12.2 Å². The number of carbonyl (C=O) groups excluding carboxylic acids is 1. The first-order chi connectivity index (χ1) is 12.2. The van der Waals surface area contributed by atoms with Crippen LogP contribution < -0.4 is 10.1 Å². The van der Waals surface area contributed by atoms with Crippen molar-refractivity contribution < 1.29 is 13.9 Å². The zero-order valence-corrected chi connectivity index (χ0v) is 15.4. The van der Waals surface area contributed by atoms with E-state index in [9.17, 15) is 4.79 Å². The quantitative estimate of drug-likeness (QED) is 0.612. The minimum absolute atomic E-state index is 0.0469. The van der Waals surface area contributed by atoms with Crippen molar-refractivity contribution >= 4 is 27.5 Å². The Morgan fingerprint density at radius 3 is 2.56 bits per heavy atom. The first kappa shape index (κ1) is 17.3. The fourth-order valence-electron chi connectivity index (χ4n) is 2.43. The van der Waals surface area contributed by atoms with Crippen molar-refractivity contribution in [2.75, 3.05) is 12.4 Å². The normalized spacial score (nSPS) is 10.5. The number of hydrogen-bond donors (Lipinski definition) is 1. The molecule has 5 heteroatoms. The molecule has 128 valence electrons. The highest BCUT2D eigenvalue weighted by atomic mass is 79.9. The zero-order valence-electron chi connectivity index (χ0n) is 13.8. The summed E-state index contributed by atoms with van der Waals surface area (Å²) in [6.07, 6.45) is 0.906. The summed E-state index contributed by atoms with van der Waals surface area (Å²) in [6, 6.07) is 19.0. The smallest absolute Gasteiger partial charge is 0.224 e. The molecule has 0 aliphatic heterocycles. The average molecular weight is 400 g/mol. The molecular weight excluding hydrogens is 382 g/mol. The van der Waals surface area contributed by atoms with Crippen molar-refractivity contribution in [3.05, 3.63) is 70.9 Å². The second-order valence-electron chi connectivity index (χ2n) is 5.52. The topological polar surface area (TPSA) is 51.5 Å². The maximum absolute atomic E-state index is 12.1. The average Bonchev–Trinajstić information content (AvgIpc) is 3.11. The van der Waals surface area contributed by atoms with E-state index in [1.165, 1.54) is 0 Å². The van der Waals surface area contributed by atoms with E-state index < -0.39 is 0 Å². The molecule has 0 aliphatic carbocycles. The fraction of sp³-hybridized carbons (Fsp3) is 0.150. The monoisotopic (exact) mass is 399 g/mol. The zero-order chi connectivity index (χ0) is 17.6. The van der Waals surface area contributed by atoms with Crippen molar-refractivity contribution in [3.8, 4) is 17.1 Å². The summed E-state index contributed by atoms with van der Waals surface area (Å²) in [5.41, 5.74) is 1.75. The summed E-state index contributed by atoms with van der Waals surface area (Å²) >= 11 is 3.42. The third-order valence-corrected chi connectivity index (χ3v) is 4.47. The Morgan fingerprint density at radius 1 is 1.08 bits per heavy atom. The summed E-state index contributed by atoms with van der Waals surface area (Å²) in [7, 11) is 1.64. The Hall–Kier alpha value is -2.53. The van der Waals surface area contributed by atoms with Crippen LogP contribution in [0.15, 0.2) is 69.6 Å². The van der Waals surface area contributed by atoms with Crippen LogP contribution in [0.2, 0.25) is 0 Å². The van der Waals surface area contributed by atoms with E-state index >= 15 is 0 Å². The lowest BCUT2D eigenvalue weighted by atomic mass is 10.2. The van der Waals surface area contributed by atoms with Crippen LogP contribution in [-0.4, -0.2) is 13.0 Å². The van der Waals surface area contributed by atoms with Gasteiger partial charge in [0, 0.05) is 22.9 Å². The number of hydrogen-bond acceptors (Lipinski definition) is 3. The summed E-state index contributed by atoms with van der Waals surface area (Å²) in [5, 5.41) is 2.89. The van der Waals surface area contributed by atoms with Gasteiger partial charge in [-0.3, -0.25) is 4.79 Å². The number of carbonyl (C=O) groups is 1. The highest BCUT2D eigenvalue weighted by molar-refractivity contribution is 9.10. The van der Waals surface area contributed by atoms with E-state index in [4.69, 9.17) is 9.15 Å². The van der Waals surface area contributed by atoms with Crippen LogP contribution in [0.25, 0.3) is 11.3 Å². The fourth-order valence-corrected chi connectivity index (χ4v) is 2.82. The minimum Gasteiger partial charge on any atom is -0.497 e. The predicted molar refractivity (Wildman–Crippen MR) is 102 cm³/mol. The van der Waals surface area contributed by atoms with E-state index in [-0.39, 0.29) is 5.91 Å². The lowest BCUT2D eigenvalue weighted by Crippen LogP contribution is -2.12. The molecule has 0 atom stereocenters. The molecule has 1 amide bonds. The molecule has 3 aromatic rings. The van der Waals surface area contributed by atoms with Gasteiger partial charge in [-0.2, -0.15) is 0 Å². The molecule has 1 N–H and O–H groups in total. The Bertz CT molecular complexity index is 855. The Kier molecular flexibility index (Phi) is 5.56. The first-order valence-corrected chi connectivity index (χ1v) is 8.72. The second-order valence-corrected chi connectivity index (χ2v) is 6.38. The summed E-state index contributed by atoms with van der Waals surface area (Å²) in [4.78, 5) is 12.1. The van der Waals surface area contributed by atoms with Crippen molar-refractivity contribution in [3.63, 3.8) is 0 Å². The van der Waals surface area contributed by atoms with Crippen LogP contribution in [0.5, 0.6) is 5.75 Å². The van der Waals surface area contributed by atoms with Gasteiger partial charge in [-0.15, -0.1) is 0 Å². The van der Waals surface area contributed by atoms with Gasteiger partial charge >= 0.3 is 0 Å². The Labute approximate surface area is 154 Å². The van der Waals surface area contributed by atoms with Gasteiger partial charge in [0.25, 0.3) is 0 Å². The molecule has 0 unspecified atom stereocenters. The summed E-state index contributed by atoms with van der Waals surface area (Å²) in [6.45, 7) is 0. The Balaban J connectivity index is 1.58. The number of furan rings is 1. The molecule has 0 fully saturated rings. The number of methoxy groups -OCH3 is 1. The van der Waals surface area contributed by atoms with E-state index in [1.807, 2.05) is 60.7 Å². The van der Waals surface area contributed by atoms with Crippen LogP contribution in [0.4, 0.5) is 5.69 Å². The van der Waals surface area contributed by atoms with Gasteiger partial charge < -0.3 is 14.5 Å². The van der Waals surface area contributed by atoms with Gasteiger partial charge in [0.05, 0.1) is 12.8 Å². The van der Waals surface area contributed by atoms with E-state index in [0.717, 1.165) is 33.0 Å². The maximum atomic E-state index is 12.1. The molecule has 2 aromatic carbocycles. The molecule has 25 heavy (non-hydrogen) atoms. The first-order valence-electron chi connectivity index (χ1n) is 7.93. The van der Waals surface area contributed by atoms with Crippen molar-refractivity contribution in [1.29, 1.82) is 0 Å². The number of ether oxygens (including phenoxy) is 1. The van der Waals surface area contributed by atoms with Crippen LogP contribution in [0.3, 0.4) is 0 Å². The number of para-hydroxylation sites is 1. The molecule has 0 saturated carbocycles. The third-order valence-electron chi connectivity index (χ3n) is 3.78. The van der Waals surface area contributed by atoms with E-state index in [0.29, 0.717) is 12.8 Å². The largest absolute Gasteiger partial charge is 0.497 e. The van der Waals surface area contributed by atoms with E-state index in [2.05, 4.69) is 21.2 Å². The lowest BCUT2D eigenvalue weighted by Gasteiger charge is -2.06. The number of halogens is 1. The predicted octanol–water partition coefficient (Wildman–Crippen LogP) is 5.29. The summed E-state index contributed by atoms with van der Waals surface area (Å²) in [5.74, 6) is 2.32. The number of nitrogens with one attached hydrogen (secondary N) is 1. The van der Waals surface area contributed by atoms with Crippen molar-refractivity contribution in [1.82, 2.24) is 0 Å². The molecule has 1 aromatic heterocycles. The highest BCUT2D eigenvalue weighted by Crippen LogP contribution is 2.25. The van der Waals surface area contributed by atoms with E-state index in [1.54, 1.807) is 7.11 Å². The molecule has 0 saturated heterocycles. The summed E-state index contributed by atoms with van der Waals surface area (Å²) < 4.78 is 11.9. The molecule has 3 rings (SSSR count). The molecule has 1 heterocycles. The van der Waals surface area contributed by atoms with Crippen molar-refractivity contribution in [2.45, 2.75) is 12.8 Å². The molecule has 0 spiro atoms. The highest BCUT2D eigenvalue weighted by Gasteiger charge is 2.09. The SMILES string of the molecule is COc1ccc(-c2ccc(CCC(=O)Nc3ccccc3Br)o2)cc1. The Morgan fingerprint density at radius 2 is 1.84 bits per heavy atom. The number of benzene rings is 2. The molecular formula is C20H18BrNO3. The number of rotatable bonds is 6. The van der Waals surface area contributed by atoms with Gasteiger partial charge in [-0.25, -0.2) is 0 Å². The lowest BCUT2D eigenvalue weighted by molar-refractivity contribution is -0.116. The second kappa shape index (κ2) is 8.03. The molecule has 4 nitrogen and oxygen atoms in total. The number of aryl methyl sites for hydroxylation is 1. The minimum atomic E-state index is -0.0469. The van der Waals surface area contributed by atoms with Crippen LogP contribution in [0, 0.1) is 0 Å². The van der Waals surface area contributed by atoms with Crippen LogP contribution in [-0.2, 0) is 11.2 Å². The molecule has 0 bridgehead atoms. The van der Waals surface area contributed by atoms with Gasteiger partial charge in [-0.1, -0.05) is 12.1 Å². The maximum Gasteiger partial charge on any atom is 0.224 e. The standard InChI is InChI=1S/C20H18BrNO3/c1-24-15-8-6-14(7-9-15)19-12-10-16(25-19)11-13-20(23)22-18-5-3-2-4-17(18)21/h2-10,12H,11,13H2,1H3,(H,22,23). The molecule has 0 radical (unpaired) electrons. The van der Waals surface area contributed by atoms with Gasteiger partial charge in [-0.05, 0) is 64.5 Å². The van der Waals surface area contributed by atoms with Gasteiger partial charge in [0.15, 0.2) is 0 Å². The van der Waals surface area contributed by atoms with Crippen molar-refractivity contribution in [2.24, 2.45) is 0 Å². The number of anilines is 1. The third kappa shape index (κ3) is 4.51. The number of amides is 1. The van der Waals surface area contributed by atoms with Gasteiger partial charge in [0.2, 0.25) is 5.91 Å².